The second-order valence-corrected chi connectivity index (χ2v) is 10.1. The number of hydrogen-bond donors (Lipinski definition) is 1. The molecular formula is C23H24ClFN4O2. The minimum absolute atomic E-state index is 0.111. The highest BCUT2D eigenvalue weighted by molar-refractivity contribution is 6.34. The smallest absolute Gasteiger partial charge is 0.268 e. The number of hydrogen-bond acceptors (Lipinski definition) is 4. The van der Waals surface area contributed by atoms with Crippen molar-refractivity contribution in [1.29, 1.82) is 0 Å². The molecule has 1 aliphatic heterocycles. The molecule has 1 atom stereocenters. The highest BCUT2D eigenvalue weighted by Gasteiger charge is 2.52. The van der Waals surface area contributed by atoms with Crippen LogP contribution in [0.1, 0.15) is 50.5 Å². The van der Waals surface area contributed by atoms with Crippen molar-refractivity contribution in [1.82, 2.24) is 9.78 Å². The molecule has 4 fully saturated rings. The molecule has 162 valence electrons. The van der Waals surface area contributed by atoms with Gasteiger partial charge in [0.15, 0.2) is 0 Å². The highest BCUT2D eigenvalue weighted by Crippen LogP contribution is 2.58. The van der Waals surface area contributed by atoms with Crippen LogP contribution in [0.15, 0.2) is 35.7 Å². The Morgan fingerprint density at radius 2 is 1.90 bits per heavy atom. The number of nitrogens with zero attached hydrogens (tertiary/aromatic N) is 3. The number of carbonyl (C=O) groups excluding carboxylic acids is 1. The first-order valence-electron chi connectivity index (χ1n) is 11.0. The quantitative estimate of drug-likeness (QED) is 0.744. The first kappa shape index (κ1) is 19.3. The second kappa shape index (κ2) is 7.05. The summed E-state index contributed by atoms with van der Waals surface area (Å²) in [5, 5.41) is 11.7. The lowest BCUT2D eigenvalue weighted by molar-refractivity contribution is -0.125. The van der Waals surface area contributed by atoms with Gasteiger partial charge in [0.25, 0.3) is 5.91 Å². The molecule has 0 unspecified atom stereocenters. The van der Waals surface area contributed by atoms with E-state index in [-0.39, 0.29) is 28.5 Å². The molecule has 5 aliphatic rings. The number of amides is 1. The summed E-state index contributed by atoms with van der Waals surface area (Å²) in [4.78, 5) is 18.0. The van der Waals surface area contributed by atoms with Crippen LogP contribution in [0.5, 0.6) is 0 Å². The van der Waals surface area contributed by atoms with Crippen molar-refractivity contribution >= 4 is 28.9 Å². The topological polar surface area (TPSA) is 68.5 Å². The Morgan fingerprint density at radius 1 is 1.19 bits per heavy atom. The number of halogens is 2. The molecule has 8 heteroatoms. The lowest BCUT2D eigenvalue weighted by atomic mass is 9.53. The molecule has 2 aromatic rings. The van der Waals surface area contributed by atoms with Gasteiger partial charge in [-0.2, -0.15) is 5.10 Å². The van der Waals surface area contributed by atoms with Gasteiger partial charge in [-0.1, -0.05) is 22.8 Å². The van der Waals surface area contributed by atoms with Crippen LogP contribution < -0.4 is 5.32 Å². The Kier molecular flexibility index (Phi) is 4.39. The molecule has 4 bridgehead atoms. The number of rotatable bonds is 4. The van der Waals surface area contributed by atoms with Gasteiger partial charge in [-0.05, 0) is 68.4 Å². The van der Waals surface area contributed by atoms with E-state index in [1.54, 1.807) is 12.3 Å². The summed E-state index contributed by atoms with van der Waals surface area (Å²) in [7, 11) is 0. The Hall–Kier alpha value is -2.41. The van der Waals surface area contributed by atoms with Crippen molar-refractivity contribution < 1.29 is 14.0 Å². The second-order valence-electron chi connectivity index (χ2n) is 9.74. The van der Waals surface area contributed by atoms with Crippen LogP contribution in [0.25, 0.3) is 0 Å². The fourth-order valence-corrected chi connectivity index (χ4v) is 6.93. The van der Waals surface area contributed by atoms with Crippen LogP contribution in [-0.4, -0.2) is 27.5 Å². The third kappa shape index (κ3) is 3.25. The molecule has 1 aromatic heterocycles. The standard InChI is InChI=1S/C23H24ClFN4O2/c24-17-2-1-3-18(25)21(17)19-7-20(31-28-19)22(30)27-16-11-26-29(12-16)23-8-13-4-14(9-23)6-15(5-13)10-23/h1-3,11-15,20H,4-10H2,(H,27,30)/t13?,14?,15?,20-,23?/m1/s1. The monoisotopic (exact) mass is 442 g/mol. The van der Waals surface area contributed by atoms with Gasteiger partial charge >= 0.3 is 0 Å². The first-order chi connectivity index (χ1) is 15.0. The summed E-state index contributed by atoms with van der Waals surface area (Å²) >= 11 is 6.11. The van der Waals surface area contributed by atoms with E-state index in [9.17, 15) is 9.18 Å². The van der Waals surface area contributed by atoms with Crippen molar-refractivity contribution in [3.05, 3.63) is 47.0 Å². The summed E-state index contributed by atoms with van der Waals surface area (Å²) in [5.74, 6) is 1.66. The van der Waals surface area contributed by atoms with E-state index in [4.69, 9.17) is 16.4 Å². The van der Waals surface area contributed by atoms with E-state index in [1.165, 1.54) is 50.7 Å². The van der Waals surface area contributed by atoms with Gasteiger partial charge in [0.2, 0.25) is 6.10 Å². The Labute approximate surface area is 184 Å². The maximum absolute atomic E-state index is 14.2. The molecule has 7 rings (SSSR count). The minimum atomic E-state index is -0.825. The van der Waals surface area contributed by atoms with Gasteiger partial charge in [0.1, 0.15) is 5.82 Å². The van der Waals surface area contributed by atoms with Gasteiger partial charge in [0, 0.05) is 12.6 Å². The zero-order valence-corrected chi connectivity index (χ0v) is 17.8. The van der Waals surface area contributed by atoms with Crippen LogP contribution in [0.2, 0.25) is 5.02 Å². The fourth-order valence-electron chi connectivity index (χ4n) is 6.65. The maximum atomic E-state index is 14.2. The van der Waals surface area contributed by atoms with Gasteiger partial charge in [-0.25, -0.2) is 4.39 Å². The Morgan fingerprint density at radius 3 is 2.58 bits per heavy atom. The van der Waals surface area contributed by atoms with Gasteiger partial charge < -0.3 is 10.2 Å². The van der Waals surface area contributed by atoms with E-state index in [0.717, 1.165) is 17.8 Å². The van der Waals surface area contributed by atoms with Crippen molar-refractivity contribution in [2.45, 2.75) is 56.6 Å². The molecule has 4 saturated carbocycles. The van der Waals surface area contributed by atoms with E-state index < -0.39 is 11.9 Å². The SMILES string of the molecule is O=C(Nc1cnn(C23CC4CC(CC(C4)C2)C3)c1)[C@H]1CC(c2c(F)cccc2Cl)=NO1. The van der Waals surface area contributed by atoms with Crippen LogP contribution in [0.3, 0.4) is 0 Å². The number of oxime groups is 1. The molecule has 0 radical (unpaired) electrons. The third-order valence-corrected chi connectivity index (χ3v) is 7.87. The average Bonchev–Trinajstić information content (AvgIpc) is 3.37. The zero-order chi connectivity index (χ0) is 21.2. The summed E-state index contributed by atoms with van der Waals surface area (Å²) in [6.07, 6.45) is 10.7. The first-order valence-corrected chi connectivity index (χ1v) is 11.4. The molecule has 6 nitrogen and oxygen atoms in total. The molecule has 4 aliphatic carbocycles. The molecule has 1 aromatic carbocycles. The molecule has 1 N–H and O–H groups in total. The predicted molar refractivity (Wildman–Crippen MR) is 114 cm³/mol. The van der Waals surface area contributed by atoms with Crippen LogP contribution >= 0.6 is 11.6 Å². The normalized spacial score (nSPS) is 33.3. The van der Waals surface area contributed by atoms with E-state index in [0.29, 0.717) is 11.4 Å². The number of anilines is 1. The summed E-state index contributed by atoms with van der Waals surface area (Å²) in [5.41, 5.74) is 1.29. The summed E-state index contributed by atoms with van der Waals surface area (Å²) < 4.78 is 16.3. The molecule has 1 amide bonds. The maximum Gasteiger partial charge on any atom is 0.268 e. The Balaban J connectivity index is 1.14. The average molecular weight is 443 g/mol. The van der Waals surface area contributed by atoms with Gasteiger partial charge in [-0.15, -0.1) is 0 Å². The van der Waals surface area contributed by atoms with Crippen molar-refractivity contribution in [3.63, 3.8) is 0 Å². The van der Waals surface area contributed by atoms with Crippen LogP contribution in [0.4, 0.5) is 10.1 Å². The van der Waals surface area contributed by atoms with E-state index >= 15 is 0 Å². The number of benzene rings is 1. The summed E-state index contributed by atoms with van der Waals surface area (Å²) in [6.45, 7) is 0. The summed E-state index contributed by atoms with van der Waals surface area (Å²) in [6, 6.07) is 4.44. The lowest BCUT2D eigenvalue weighted by Crippen LogP contribution is -2.52. The molecule has 2 heterocycles. The number of aromatic nitrogens is 2. The molecule has 0 spiro atoms. The van der Waals surface area contributed by atoms with Gasteiger partial charge in [-0.3, -0.25) is 9.48 Å². The predicted octanol–water partition coefficient (Wildman–Crippen LogP) is 4.73. The third-order valence-electron chi connectivity index (χ3n) is 7.55. The molecule has 0 saturated heterocycles. The largest absolute Gasteiger partial charge is 0.382 e. The molecular weight excluding hydrogens is 419 g/mol. The van der Waals surface area contributed by atoms with Crippen LogP contribution in [0, 0.1) is 23.6 Å². The van der Waals surface area contributed by atoms with Crippen molar-refractivity contribution in [3.8, 4) is 0 Å². The van der Waals surface area contributed by atoms with Crippen molar-refractivity contribution in [2.24, 2.45) is 22.9 Å². The van der Waals surface area contributed by atoms with Gasteiger partial charge in [0.05, 0.1) is 33.7 Å². The highest BCUT2D eigenvalue weighted by atomic mass is 35.5. The number of carbonyl (C=O) groups is 1. The van der Waals surface area contributed by atoms with E-state index in [2.05, 4.69) is 20.3 Å². The minimum Gasteiger partial charge on any atom is -0.382 e. The molecule has 31 heavy (non-hydrogen) atoms. The van der Waals surface area contributed by atoms with Crippen LogP contribution in [-0.2, 0) is 15.2 Å². The lowest BCUT2D eigenvalue weighted by Gasteiger charge is -2.56. The Bertz CT molecular complexity index is 1030. The van der Waals surface area contributed by atoms with Crippen molar-refractivity contribution in [2.75, 3.05) is 5.32 Å². The number of nitrogens with one attached hydrogen (secondary N) is 1. The zero-order valence-electron chi connectivity index (χ0n) is 17.1. The van der Waals surface area contributed by atoms with E-state index in [1.807, 2.05) is 6.20 Å². The fraction of sp³-hybridized carbons (Fsp3) is 0.522.